The second kappa shape index (κ2) is 4.43. The molecule has 0 heterocycles. The van der Waals surface area contributed by atoms with Crippen LogP contribution in [-0.2, 0) is 20.6 Å². The zero-order valence-corrected chi connectivity index (χ0v) is 7.57. The number of ether oxygens (including phenoxy) is 1. The second-order valence-corrected chi connectivity index (χ2v) is 3.34. The van der Waals surface area contributed by atoms with E-state index in [0.717, 1.165) is 0 Å². The molecular weight excluding hydrogens is 206 g/mol. The third-order valence-electron chi connectivity index (χ3n) is 0.975. The van der Waals surface area contributed by atoms with Crippen LogP contribution in [0.15, 0.2) is 12.2 Å². The Hall–Kier alpha value is -0.820. The van der Waals surface area contributed by atoms with Crippen LogP contribution in [0.5, 0.6) is 0 Å². The quantitative estimate of drug-likeness (QED) is 0.429. The molecule has 0 fully saturated rings. The summed E-state index contributed by atoms with van der Waals surface area (Å²) in [4.78, 5) is 10.6. The lowest BCUT2D eigenvalue weighted by atomic mass is 10.4. The second-order valence-electron chi connectivity index (χ2n) is 2.24. The SMILES string of the molecule is C=C(C)C(=O)OCC(F)(F)S(=O)O. The molecule has 0 radical (unpaired) electrons. The van der Waals surface area contributed by atoms with E-state index in [0.29, 0.717) is 0 Å². The van der Waals surface area contributed by atoms with Crippen LogP contribution in [0.2, 0.25) is 0 Å². The number of hydrogen-bond donors (Lipinski definition) is 1. The first kappa shape index (κ1) is 12.2. The highest BCUT2D eigenvalue weighted by Gasteiger charge is 2.38. The van der Waals surface area contributed by atoms with Gasteiger partial charge >= 0.3 is 11.2 Å². The first-order valence-electron chi connectivity index (χ1n) is 3.09. The summed E-state index contributed by atoms with van der Waals surface area (Å²) >= 11 is -3.35. The average molecular weight is 214 g/mol. The molecule has 0 rings (SSSR count). The first-order valence-corrected chi connectivity index (χ1v) is 4.19. The van der Waals surface area contributed by atoms with Crippen molar-refractivity contribution in [3.05, 3.63) is 12.2 Å². The van der Waals surface area contributed by atoms with Crippen molar-refractivity contribution in [1.82, 2.24) is 0 Å². The molecule has 0 aromatic carbocycles. The fraction of sp³-hybridized carbons (Fsp3) is 0.500. The number of alkyl halides is 2. The summed E-state index contributed by atoms with van der Waals surface area (Å²) in [6, 6.07) is 0. The normalized spacial score (nSPS) is 13.5. The van der Waals surface area contributed by atoms with E-state index in [1.165, 1.54) is 6.92 Å². The minimum absolute atomic E-state index is 0.0560. The third-order valence-corrected chi connectivity index (χ3v) is 1.60. The summed E-state index contributed by atoms with van der Waals surface area (Å²) < 4.78 is 46.6. The highest BCUT2D eigenvalue weighted by atomic mass is 32.2. The van der Waals surface area contributed by atoms with Gasteiger partial charge in [0.15, 0.2) is 6.61 Å². The van der Waals surface area contributed by atoms with Crippen LogP contribution in [0.4, 0.5) is 8.78 Å². The van der Waals surface area contributed by atoms with Gasteiger partial charge < -0.3 is 9.29 Å². The molecule has 1 N–H and O–H groups in total. The predicted molar refractivity (Wildman–Crippen MR) is 41.5 cm³/mol. The summed E-state index contributed by atoms with van der Waals surface area (Å²) in [7, 11) is 0. The maximum absolute atomic E-state index is 12.3. The summed E-state index contributed by atoms with van der Waals surface area (Å²) in [5, 5.41) is -3.94. The lowest BCUT2D eigenvalue weighted by molar-refractivity contribution is -0.144. The molecule has 0 aromatic heterocycles. The molecule has 13 heavy (non-hydrogen) atoms. The average Bonchev–Trinajstić information content (AvgIpc) is 1.99. The molecule has 76 valence electrons. The molecule has 0 bridgehead atoms. The fourth-order valence-electron chi connectivity index (χ4n) is 0.323. The molecule has 0 aliphatic carbocycles. The standard InChI is InChI=1S/C6H8F2O4S/c1-4(2)5(9)12-3-6(7,8)13(10)11/h1,3H2,2H3,(H,10,11). The van der Waals surface area contributed by atoms with E-state index in [9.17, 15) is 17.8 Å². The smallest absolute Gasteiger partial charge is 0.378 e. The number of halogens is 2. The van der Waals surface area contributed by atoms with E-state index in [1.54, 1.807) is 0 Å². The summed E-state index contributed by atoms with van der Waals surface area (Å²) in [6.07, 6.45) is 0. The number of hydrogen-bond acceptors (Lipinski definition) is 3. The van der Waals surface area contributed by atoms with Crippen LogP contribution < -0.4 is 0 Å². The van der Waals surface area contributed by atoms with Crippen molar-refractivity contribution in [1.29, 1.82) is 0 Å². The molecule has 0 amide bonds. The lowest BCUT2D eigenvalue weighted by Gasteiger charge is -2.11. The Labute approximate surface area is 75.9 Å². The third kappa shape index (κ3) is 4.09. The fourth-order valence-corrected chi connectivity index (χ4v) is 0.483. The van der Waals surface area contributed by atoms with Gasteiger partial charge in [-0.2, -0.15) is 8.78 Å². The van der Waals surface area contributed by atoms with Gasteiger partial charge in [0.2, 0.25) is 11.1 Å². The van der Waals surface area contributed by atoms with Crippen molar-refractivity contribution in [3.8, 4) is 0 Å². The first-order chi connectivity index (χ1) is 5.77. The summed E-state index contributed by atoms with van der Waals surface area (Å²) in [6.45, 7) is 2.99. The van der Waals surface area contributed by atoms with Crippen molar-refractivity contribution >= 4 is 17.0 Å². The number of rotatable bonds is 4. The van der Waals surface area contributed by atoms with Crippen LogP contribution in [0, 0.1) is 0 Å². The van der Waals surface area contributed by atoms with Gasteiger partial charge in [-0.1, -0.05) is 6.58 Å². The van der Waals surface area contributed by atoms with E-state index in [-0.39, 0.29) is 5.57 Å². The van der Waals surface area contributed by atoms with Crippen molar-refractivity contribution in [2.24, 2.45) is 0 Å². The Morgan fingerprint density at radius 2 is 2.15 bits per heavy atom. The molecule has 0 aliphatic heterocycles. The van der Waals surface area contributed by atoms with Crippen LogP contribution in [-0.4, -0.2) is 26.6 Å². The van der Waals surface area contributed by atoms with Crippen LogP contribution >= 0.6 is 0 Å². The van der Waals surface area contributed by atoms with E-state index >= 15 is 0 Å². The topological polar surface area (TPSA) is 63.6 Å². The molecule has 1 unspecified atom stereocenters. The van der Waals surface area contributed by atoms with Gasteiger partial charge in [0.1, 0.15) is 0 Å². The van der Waals surface area contributed by atoms with E-state index < -0.39 is 28.9 Å². The van der Waals surface area contributed by atoms with E-state index in [1.807, 2.05) is 0 Å². The van der Waals surface area contributed by atoms with Crippen molar-refractivity contribution in [2.75, 3.05) is 6.61 Å². The zero-order valence-electron chi connectivity index (χ0n) is 6.75. The van der Waals surface area contributed by atoms with Gasteiger partial charge in [0.25, 0.3) is 0 Å². The van der Waals surface area contributed by atoms with Gasteiger partial charge in [-0.05, 0) is 6.92 Å². The largest absolute Gasteiger partial charge is 0.455 e. The van der Waals surface area contributed by atoms with Gasteiger partial charge in [-0.3, -0.25) is 0 Å². The van der Waals surface area contributed by atoms with Crippen LogP contribution in [0.25, 0.3) is 0 Å². The van der Waals surface area contributed by atoms with E-state index in [4.69, 9.17) is 4.55 Å². The van der Waals surface area contributed by atoms with Crippen molar-refractivity contribution in [3.63, 3.8) is 0 Å². The van der Waals surface area contributed by atoms with Crippen molar-refractivity contribution in [2.45, 2.75) is 12.2 Å². The predicted octanol–water partition coefficient (Wildman–Crippen LogP) is 0.920. The number of esters is 1. The Morgan fingerprint density at radius 3 is 2.46 bits per heavy atom. The molecule has 0 aliphatic rings. The van der Waals surface area contributed by atoms with Gasteiger partial charge in [0.05, 0.1) is 0 Å². The molecule has 0 saturated heterocycles. The Kier molecular flexibility index (Phi) is 4.15. The Balaban J connectivity index is 4.10. The van der Waals surface area contributed by atoms with Crippen LogP contribution in [0.1, 0.15) is 6.92 Å². The van der Waals surface area contributed by atoms with E-state index in [2.05, 4.69) is 11.3 Å². The molecule has 1 atom stereocenters. The van der Waals surface area contributed by atoms with Crippen LogP contribution in [0.3, 0.4) is 0 Å². The Morgan fingerprint density at radius 1 is 1.69 bits per heavy atom. The molecule has 4 nitrogen and oxygen atoms in total. The highest BCUT2D eigenvalue weighted by Crippen LogP contribution is 2.17. The van der Waals surface area contributed by atoms with Gasteiger partial charge in [0, 0.05) is 5.57 Å². The maximum atomic E-state index is 12.3. The zero-order chi connectivity index (χ0) is 10.6. The van der Waals surface area contributed by atoms with Crippen molar-refractivity contribution < 1.29 is 27.1 Å². The maximum Gasteiger partial charge on any atom is 0.378 e. The van der Waals surface area contributed by atoms with Gasteiger partial charge in [-0.25, -0.2) is 9.00 Å². The molecule has 0 spiro atoms. The highest BCUT2D eigenvalue weighted by molar-refractivity contribution is 7.80. The summed E-state index contributed by atoms with van der Waals surface area (Å²) in [5.74, 6) is -1.02. The minimum atomic E-state index is -3.94. The number of carbonyl (C=O) groups is 1. The minimum Gasteiger partial charge on any atom is -0.455 e. The number of carbonyl (C=O) groups excluding carboxylic acids is 1. The van der Waals surface area contributed by atoms with Gasteiger partial charge in [-0.15, -0.1) is 0 Å². The molecule has 7 heteroatoms. The monoisotopic (exact) mass is 214 g/mol. The molecule has 0 saturated carbocycles. The Bertz CT molecular complexity index is 251. The summed E-state index contributed by atoms with van der Waals surface area (Å²) in [5.41, 5.74) is -0.0560. The molecular formula is C6H8F2O4S. The lowest BCUT2D eigenvalue weighted by Crippen LogP contribution is -2.30. The molecule has 0 aromatic rings.